The summed E-state index contributed by atoms with van der Waals surface area (Å²) in [6.07, 6.45) is 0. The number of hydrogen-bond donors (Lipinski definition) is 0. The molecular formula is C70H53BN2. The average Bonchev–Trinajstić information content (AvgIpc) is 3.41. The van der Waals surface area contributed by atoms with Gasteiger partial charge in [0.05, 0.1) is 5.69 Å². The molecule has 346 valence electrons. The van der Waals surface area contributed by atoms with Crippen molar-refractivity contribution in [3.63, 3.8) is 0 Å². The summed E-state index contributed by atoms with van der Waals surface area (Å²) in [5.74, 6) is 0. The Labute approximate surface area is 426 Å². The number of fused-ring (bicyclic) bond motifs is 18. The summed E-state index contributed by atoms with van der Waals surface area (Å²) < 4.78 is 0. The second-order valence-electron chi connectivity index (χ2n) is 22.9. The van der Waals surface area contributed by atoms with Crippen molar-refractivity contribution in [2.45, 2.75) is 52.4 Å². The lowest BCUT2D eigenvalue weighted by molar-refractivity contribution is 0.591. The van der Waals surface area contributed by atoms with Crippen LogP contribution in [0, 0.1) is 0 Å². The minimum Gasteiger partial charge on any atom is -0.311 e. The van der Waals surface area contributed by atoms with E-state index in [1.807, 2.05) is 0 Å². The summed E-state index contributed by atoms with van der Waals surface area (Å²) in [6.45, 7) is 13.9. The fourth-order valence-corrected chi connectivity index (χ4v) is 13.0. The van der Waals surface area contributed by atoms with E-state index in [1.165, 1.54) is 142 Å². The third-order valence-electron chi connectivity index (χ3n) is 16.6. The molecular weight excluding hydrogens is 880 g/mol. The lowest BCUT2D eigenvalue weighted by Gasteiger charge is -2.44. The predicted octanol–water partition coefficient (Wildman–Crippen LogP) is 17.6. The predicted molar refractivity (Wildman–Crippen MR) is 318 cm³/mol. The van der Waals surface area contributed by atoms with Gasteiger partial charge in [-0.15, -0.1) is 0 Å². The SMILES string of the molecule is CC(C)(C)c1ccc2cc3c(cc2c1)B1c2cc4cc(C(C)(C)C)ccc4cc2N(c2cccc4c5ccccc5c5ccccc5c24)c2cccc(c21)N3c1ccc2c3ccccc3c3ccccc3c2c1. The van der Waals surface area contributed by atoms with Crippen molar-refractivity contribution in [2.24, 2.45) is 0 Å². The number of benzene rings is 13. The van der Waals surface area contributed by atoms with Crippen LogP contribution in [0.5, 0.6) is 0 Å². The van der Waals surface area contributed by atoms with Gasteiger partial charge in [-0.05, 0) is 162 Å². The standard InChI is InChI=1S/C70H53BN2/c1-69(2,3)46-31-29-42-39-65-60(37-44(42)35-46)71-61-38-45-36-47(70(4,5)6)32-30-43(45)40-66(61)73(62-26-15-25-58-54-21-11-9-20-52(54)53-22-13-14-24-57(53)67(58)62)64-28-16-27-63(68(64)71)72(65)48-33-34-56-51-19-8-7-17-49(51)50-18-10-12-23-55(50)59(56)41-48/h7-41H,1-6H3. The minimum absolute atomic E-state index is 0.00175. The molecule has 0 spiro atoms. The third-order valence-corrected chi connectivity index (χ3v) is 16.6. The van der Waals surface area contributed by atoms with Gasteiger partial charge < -0.3 is 9.80 Å². The molecule has 0 saturated carbocycles. The van der Waals surface area contributed by atoms with E-state index in [-0.39, 0.29) is 17.5 Å². The second-order valence-corrected chi connectivity index (χ2v) is 22.9. The number of hydrogen-bond acceptors (Lipinski definition) is 2. The van der Waals surface area contributed by atoms with Gasteiger partial charge in [-0.1, -0.05) is 211 Å². The van der Waals surface area contributed by atoms with E-state index in [1.54, 1.807) is 0 Å². The monoisotopic (exact) mass is 932 g/mol. The largest absolute Gasteiger partial charge is 0.311 e. The molecule has 2 aliphatic heterocycles. The van der Waals surface area contributed by atoms with Crippen molar-refractivity contribution in [3.05, 3.63) is 223 Å². The Morgan fingerprint density at radius 1 is 0.288 bits per heavy atom. The van der Waals surface area contributed by atoms with E-state index in [9.17, 15) is 0 Å². The lowest BCUT2D eigenvalue weighted by Crippen LogP contribution is -2.61. The topological polar surface area (TPSA) is 6.48 Å². The third kappa shape index (κ3) is 6.12. The summed E-state index contributed by atoms with van der Waals surface area (Å²) in [4.78, 5) is 5.23. The van der Waals surface area contributed by atoms with Gasteiger partial charge in [-0.3, -0.25) is 0 Å². The molecule has 0 aliphatic carbocycles. The van der Waals surface area contributed by atoms with Gasteiger partial charge in [0.1, 0.15) is 0 Å². The molecule has 0 unspecified atom stereocenters. The van der Waals surface area contributed by atoms with E-state index in [0.29, 0.717) is 0 Å². The Morgan fingerprint density at radius 3 is 1.19 bits per heavy atom. The summed E-state index contributed by atoms with van der Waals surface area (Å²) >= 11 is 0. The van der Waals surface area contributed by atoms with Crippen molar-refractivity contribution in [3.8, 4) is 0 Å². The first-order valence-electron chi connectivity index (χ1n) is 26.0. The number of nitrogens with zero attached hydrogens (tertiary/aromatic N) is 2. The molecule has 0 aromatic heterocycles. The first kappa shape index (κ1) is 42.3. The van der Waals surface area contributed by atoms with Crippen molar-refractivity contribution in [1.82, 2.24) is 0 Å². The average molecular weight is 933 g/mol. The first-order chi connectivity index (χ1) is 35.5. The molecule has 3 heteroatoms. The molecule has 2 heterocycles. The zero-order valence-corrected chi connectivity index (χ0v) is 42.2. The van der Waals surface area contributed by atoms with Crippen LogP contribution >= 0.6 is 0 Å². The van der Waals surface area contributed by atoms with Gasteiger partial charge in [0.15, 0.2) is 0 Å². The smallest absolute Gasteiger partial charge is 0.252 e. The van der Waals surface area contributed by atoms with Gasteiger partial charge in [0.2, 0.25) is 0 Å². The molecule has 13 aromatic rings. The second kappa shape index (κ2) is 15.1. The Bertz CT molecular complexity index is 4470. The van der Waals surface area contributed by atoms with Gasteiger partial charge >= 0.3 is 0 Å². The van der Waals surface area contributed by atoms with Crippen LogP contribution in [-0.2, 0) is 10.8 Å². The molecule has 15 rings (SSSR count). The van der Waals surface area contributed by atoms with Crippen molar-refractivity contribution < 1.29 is 0 Å². The van der Waals surface area contributed by atoms with Crippen LogP contribution in [0.1, 0.15) is 52.7 Å². The Morgan fingerprint density at radius 2 is 0.685 bits per heavy atom. The van der Waals surface area contributed by atoms with E-state index < -0.39 is 0 Å². The first-order valence-corrected chi connectivity index (χ1v) is 26.0. The van der Waals surface area contributed by atoms with Gasteiger partial charge in [-0.2, -0.15) is 0 Å². The quantitative estimate of drug-likeness (QED) is 0.126. The highest BCUT2D eigenvalue weighted by atomic mass is 15.2. The summed E-state index contributed by atoms with van der Waals surface area (Å²) in [7, 11) is 0. The maximum Gasteiger partial charge on any atom is 0.252 e. The van der Waals surface area contributed by atoms with Crippen molar-refractivity contribution in [1.29, 1.82) is 0 Å². The van der Waals surface area contributed by atoms with Crippen LogP contribution < -0.4 is 26.2 Å². The van der Waals surface area contributed by atoms with E-state index in [0.717, 1.165) is 5.69 Å². The zero-order valence-electron chi connectivity index (χ0n) is 42.2. The molecule has 0 amide bonds. The maximum absolute atomic E-state index is 2.63. The highest BCUT2D eigenvalue weighted by Crippen LogP contribution is 2.50. The van der Waals surface area contributed by atoms with Crippen LogP contribution in [-0.4, -0.2) is 6.71 Å². The van der Waals surface area contributed by atoms with Gasteiger partial charge in [0, 0.05) is 33.8 Å². The molecule has 2 aliphatic rings. The molecule has 0 N–H and O–H groups in total. The summed E-state index contributed by atoms with van der Waals surface area (Å²) in [5, 5.41) is 20.3. The zero-order chi connectivity index (χ0) is 49.1. The normalized spacial score (nSPS) is 13.5. The highest BCUT2D eigenvalue weighted by Gasteiger charge is 2.44. The van der Waals surface area contributed by atoms with Crippen molar-refractivity contribution >= 4 is 143 Å². The lowest BCUT2D eigenvalue weighted by atomic mass is 9.33. The summed E-state index contributed by atoms with van der Waals surface area (Å²) in [6, 6.07) is 81.5. The molecule has 0 bridgehead atoms. The molecule has 13 aromatic carbocycles. The highest BCUT2D eigenvalue weighted by molar-refractivity contribution is 7.00. The number of anilines is 6. The number of rotatable bonds is 2. The molecule has 73 heavy (non-hydrogen) atoms. The Balaban J connectivity index is 1.08. The van der Waals surface area contributed by atoms with Gasteiger partial charge in [-0.25, -0.2) is 0 Å². The van der Waals surface area contributed by atoms with E-state index in [2.05, 4.69) is 264 Å². The van der Waals surface area contributed by atoms with E-state index in [4.69, 9.17) is 0 Å². The fourth-order valence-electron chi connectivity index (χ4n) is 13.0. The van der Waals surface area contributed by atoms with Crippen molar-refractivity contribution in [2.75, 3.05) is 9.80 Å². The Kier molecular flexibility index (Phi) is 8.73. The molecule has 2 nitrogen and oxygen atoms in total. The van der Waals surface area contributed by atoms with Crippen LogP contribution in [0.3, 0.4) is 0 Å². The van der Waals surface area contributed by atoms with Crippen LogP contribution in [0.2, 0.25) is 0 Å². The van der Waals surface area contributed by atoms with Crippen LogP contribution in [0.25, 0.3) is 86.2 Å². The Hall–Kier alpha value is -8.40. The van der Waals surface area contributed by atoms with Crippen LogP contribution in [0.4, 0.5) is 34.1 Å². The minimum atomic E-state index is -0.0492. The van der Waals surface area contributed by atoms with Crippen LogP contribution in [0.15, 0.2) is 212 Å². The molecule has 0 fully saturated rings. The molecule has 0 radical (unpaired) electrons. The fraction of sp³-hybridized carbons (Fsp3) is 0.114. The van der Waals surface area contributed by atoms with Gasteiger partial charge in [0.25, 0.3) is 6.71 Å². The summed E-state index contributed by atoms with van der Waals surface area (Å²) in [5.41, 5.74) is 13.9. The maximum atomic E-state index is 2.63. The molecule has 0 atom stereocenters. The molecule has 0 saturated heterocycles. The van der Waals surface area contributed by atoms with E-state index >= 15 is 0 Å².